The van der Waals surface area contributed by atoms with Gasteiger partial charge < -0.3 is 10.7 Å². The van der Waals surface area contributed by atoms with Crippen LogP contribution in [0.25, 0.3) is 11.0 Å². The van der Waals surface area contributed by atoms with Crippen LogP contribution in [0.3, 0.4) is 0 Å². The molecule has 7 heteroatoms. The highest BCUT2D eigenvalue weighted by atomic mass is 32.2. The summed E-state index contributed by atoms with van der Waals surface area (Å²) in [7, 11) is -4.00. The highest BCUT2D eigenvalue weighted by molar-refractivity contribution is 7.90. The van der Waals surface area contributed by atoms with Crippen LogP contribution in [0, 0.1) is 20.8 Å². The summed E-state index contributed by atoms with van der Waals surface area (Å²) in [4.78, 5) is 14.9. The van der Waals surface area contributed by atoms with Gasteiger partial charge in [0.1, 0.15) is 0 Å². The molecular formula is C16H17N3O3S. The van der Waals surface area contributed by atoms with E-state index in [1.807, 2.05) is 6.07 Å². The molecule has 6 nitrogen and oxygen atoms in total. The molecule has 0 spiro atoms. The quantitative estimate of drug-likeness (QED) is 0.702. The van der Waals surface area contributed by atoms with Gasteiger partial charge >= 0.3 is 5.69 Å². The minimum atomic E-state index is -4.00. The molecule has 0 bridgehead atoms. The molecule has 0 radical (unpaired) electrons. The van der Waals surface area contributed by atoms with Crippen molar-refractivity contribution in [2.75, 3.05) is 5.73 Å². The lowest BCUT2D eigenvalue weighted by molar-refractivity contribution is 0.586. The SMILES string of the molecule is Cc1ccc(C)c(S(=O)(=O)n2c(=O)[nH]c3cc(N)c(C)cc32)c1. The summed E-state index contributed by atoms with van der Waals surface area (Å²) in [5.41, 5.74) is 8.42. The van der Waals surface area contributed by atoms with Crippen molar-refractivity contribution in [1.82, 2.24) is 8.96 Å². The molecule has 0 amide bonds. The van der Waals surface area contributed by atoms with Gasteiger partial charge in [-0.25, -0.2) is 13.2 Å². The zero-order valence-corrected chi connectivity index (χ0v) is 13.9. The number of rotatable bonds is 2. The van der Waals surface area contributed by atoms with Crippen molar-refractivity contribution in [1.29, 1.82) is 0 Å². The van der Waals surface area contributed by atoms with Crippen molar-refractivity contribution >= 4 is 26.7 Å². The summed E-state index contributed by atoms with van der Waals surface area (Å²) < 4.78 is 26.8. The Labute approximate surface area is 133 Å². The van der Waals surface area contributed by atoms with Crippen molar-refractivity contribution in [3.8, 4) is 0 Å². The standard InChI is InChI=1S/C16H17N3O3S/c1-9-4-5-10(2)15(6-9)23(21,22)19-14-7-11(3)12(17)8-13(14)18-16(19)20/h4-8H,17H2,1-3H3,(H,18,20). The maximum Gasteiger partial charge on any atom is 0.340 e. The predicted octanol–water partition coefficient (Wildman–Crippen LogP) is 2.07. The highest BCUT2D eigenvalue weighted by Crippen LogP contribution is 2.24. The second kappa shape index (κ2) is 4.99. The van der Waals surface area contributed by atoms with Crippen LogP contribution in [0.1, 0.15) is 16.7 Å². The molecular weight excluding hydrogens is 314 g/mol. The number of nitrogens with one attached hydrogen (secondary N) is 1. The second-order valence-corrected chi connectivity index (χ2v) is 7.45. The summed E-state index contributed by atoms with van der Waals surface area (Å²) >= 11 is 0. The van der Waals surface area contributed by atoms with Gasteiger partial charge in [0.25, 0.3) is 10.0 Å². The molecule has 0 aliphatic rings. The molecule has 3 N–H and O–H groups in total. The fourth-order valence-electron chi connectivity index (χ4n) is 2.58. The number of aryl methyl sites for hydroxylation is 3. The monoisotopic (exact) mass is 331 g/mol. The number of nitrogens with two attached hydrogens (primary N) is 1. The lowest BCUT2D eigenvalue weighted by Crippen LogP contribution is -2.25. The third kappa shape index (κ3) is 2.33. The summed E-state index contributed by atoms with van der Waals surface area (Å²) in [6.45, 7) is 5.28. The van der Waals surface area contributed by atoms with E-state index in [-0.39, 0.29) is 4.90 Å². The van der Waals surface area contributed by atoms with Gasteiger partial charge in [0.15, 0.2) is 0 Å². The van der Waals surface area contributed by atoms with E-state index in [0.29, 0.717) is 27.8 Å². The van der Waals surface area contributed by atoms with Crippen molar-refractivity contribution < 1.29 is 8.42 Å². The van der Waals surface area contributed by atoms with Crippen LogP contribution >= 0.6 is 0 Å². The molecule has 0 aliphatic carbocycles. The number of aromatic amines is 1. The Kier molecular flexibility index (Phi) is 3.33. The Balaban J connectivity index is 2.40. The van der Waals surface area contributed by atoms with E-state index in [0.717, 1.165) is 9.54 Å². The summed E-state index contributed by atoms with van der Waals surface area (Å²) in [5, 5.41) is 0. The molecule has 3 aromatic rings. The first-order chi connectivity index (χ1) is 10.7. The number of hydrogen-bond acceptors (Lipinski definition) is 4. The van der Waals surface area contributed by atoms with E-state index in [9.17, 15) is 13.2 Å². The number of hydrogen-bond donors (Lipinski definition) is 2. The van der Waals surface area contributed by atoms with Gasteiger partial charge in [-0.3, -0.25) is 0 Å². The normalized spacial score (nSPS) is 12.0. The molecule has 0 saturated heterocycles. The minimum Gasteiger partial charge on any atom is -0.398 e. The second-order valence-electron chi connectivity index (χ2n) is 5.69. The van der Waals surface area contributed by atoms with E-state index in [4.69, 9.17) is 5.73 Å². The minimum absolute atomic E-state index is 0.120. The molecule has 0 saturated carbocycles. The van der Waals surface area contributed by atoms with Gasteiger partial charge in [0.2, 0.25) is 0 Å². The average molecular weight is 331 g/mol. The fraction of sp³-hybridized carbons (Fsp3) is 0.188. The zero-order chi connectivity index (χ0) is 16.9. The van der Waals surface area contributed by atoms with Crippen LogP contribution in [-0.2, 0) is 10.0 Å². The van der Waals surface area contributed by atoms with E-state index >= 15 is 0 Å². The van der Waals surface area contributed by atoms with Crippen LogP contribution < -0.4 is 11.4 Å². The average Bonchev–Trinajstić information content (AvgIpc) is 2.77. The van der Waals surface area contributed by atoms with Crippen molar-refractivity contribution in [3.05, 3.63) is 57.5 Å². The Morgan fingerprint density at radius 3 is 2.43 bits per heavy atom. The zero-order valence-electron chi connectivity index (χ0n) is 13.0. The Morgan fingerprint density at radius 2 is 1.74 bits per heavy atom. The van der Waals surface area contributed by atoms with Gasteiger partial charge in [-0.2, -0.15) is 3.97 Å². The molecule has 0 atom stereocenters. The first-order valence-electron chi connectivity index (χ1n) is 7.05. The van der Waals surface area contributed by atoms with Gasteiger partial charge in [-0.15, -0.1) is 0 Å². The molecule has 23 heavy (non-hydrogen) atoms. The molecule has 1 aromatic heterocycles. The lowest BCUT2D eigenvalue weighted by Gasteiger charge is -2.10. The summed E-state index contributed by atoms with van der Waals surface area (Å²) in [6.07, 6.45) is 0. The Hall–Kier alpha value is -2.54. The van der Waals surface area contributed by atoms with Crippen molar-refractivity contribution in [3.63, 3.8) is 0 Å². The predicted molar refractivity (Wildman–Crippen MR) is 90.2 cm³/mol. The maximum absolute atomic E-state index is 13.0. The maximum atomic E-state index is 13.0. The Morgan fingerprint density at radius 1 is 1.04 bits per heavy atom. The number of fused-ring (bicyclic) bond motifs is 1. The fourth-order valence-corrected chi connectivity index (χ4v) is 4.26. The third-order valence-electron chi connectivity index (χ3n) is 3.89. The smallest absolute Gasteiger partial charge is 0.340 e. The number of nitrogen functional groups attached to an aromatic ring is 1. The molecule has 0 unspecified atom stereocenters. The van der Waals surface area contributed by atoms with Crippen LogP contribution in [0.15, 0.2) is 40.0 Å². The van der Waals surface area contributed by atoms with Crippen LogP contribution in [0.5, 0.6) is 0 Å². The van der Waals surface area contributed by atoms with Gasteiger partial charge in [-0.05, 0) is 55.7 Å². The largest absolute Gasteiger partial charge is 0.398 e. The molecule has 0 fully saturated rings. The van der Waals surface area contributed by atoms with Crippen molar-refractivity contribution in [2.45, 2.75) is 25.7 Å². The van der Waals surface area contributed by atoms with Gasteiger partial charge in [0.05, 0.1) is 15.9 Å². The number of H-pyrrole nitrogens is 1. The van der Waals surface area contributed by atoms with Gasteiger partial charge in [-0.1, -0.05) is 12.1 Å². The van der Waals surface area contributed by atoms with Crippen LogP contribution in [-0.4, -0.2) is 17.4 Å². The molecule has 2 aromatic carbocycles. The van der Waals surface area contributed by atoms with E-state index < -0.39 is 15.7 Å². The Bertz CT molecular complexity index is 1090. The summed E-state index contributed by atoms with van der Waals surface area (Å²) in [5.74, 6) is 0. The first kappa shape index (κ1) is 15.4. The lowest BCUT2D eigenvalue weighted by atomic mass is 10.2. The number of nitrogens with zero attached hydrogens (tertiary/aromatic N) is 1. The number of benzene rings is 2. The topological polar surface area (TPSA) is 98.0 Å². The van der Waals surface area contributed by atoms with Crippen LogP contribution in [0.2, 0.25) is 0 Å². The van der Waals surface area contributed by atoms with Gasteiger partial charge in [0, 0.05) is 5.69 Å². The van der Waals surface area contributed by atoms with Crippen molar-refractivity contribution in [2.24, 2.45) is 0 Å². The van der Waals surface area contributed by atoms with E-state index in [1.165, 1.54) is 0 Å². The first-order valence-corrected chi connectivity index (χ1v) is 8.49. The van der Waals surface area contributed by atoms with E-state index in [1.54, 1.807) is 45.0 Å². The molecule has 3 rings (SSSR count). The van der Waals surface area contributed by atoms with Crippen LogP contribution in [0.4, 0.5) is 5.69 Å². The summed E-state index contributed by atoms with van der Waals surface area (Å²) in [6, 6.07) is 8.30. The molecule has 1 heterocycles. The number of anilines is 1. The highest BCUT2D eigenvalue weighted by Gasteiger charge is 2.24. The van der Waals surface area contributed by atoms with E-state index in [2.05, 4.69) is 4.98 Å². The number of imidazole rings is 1. The number of aromatic nitrogens is 2. The molecule has 0 aliphatic heterocycles. The third-order valence-corrected chi connectivity index (χ3v) is 5.73. The molecule has 120 valence electrons.